The van der Waals surface area contributed by atoms with Gasteiger partial charge in [-0.15, -0.1) is 0 Å². The third-order valence-electron chi connectivity index (χ3n) is 5.86. The molecule has 0 aliphatic carbocycles. The van der Waals surface area contributed by atoms with Gasteiger partial charge in [-0.1, -0.05) is 41.4 Å². The number of halogens is 1. The lowest BCUT2D eigenvalue weighted by atomic mass is 9.97. The van der Waals surface area contributed by atoms with Gasteiger partial charge in [-0.3, -0.25) is 9.59 Å². The molecule has 2 aliphatic rings. The van der Waals surface area contributed by atoms with E-state index in [1.165, 1.54) is 4.90 Å². The molecule has 1 fully saturated rings. The molecule has 0 spiro atoms. The highest BCUT2D eigenvalue weighted by Gasteiger charge is 2.44. The maximum absolute atomic E-state index is 13.8. The average Bonchev–Trinajstić information content (AvgIpc) is 2.93. The molecule has 5 nitrogen and oxygen atoms in total. The number of ether oxygens (including phenoxy) is 1. The number of morpholine rings is 1. The monoisotopic (exact) mass is 438 g/mol. The summed E-state index contributed by atoms with van der Waals surface area (Å²) < 4.78 is 5.87. The molecule has 0 saturated carbocycles. The first-order valence-electron chi connectivity index (χ1n) is 10.5. The van der Waals surface area contributed by atoms with E-state index >= 15 is 0 Å². The summed E-state index contributed by atoms with van der Waals surface area (Å²) in [6, 6.07) is 11.2. The first-order valence-corrected chi connectivity index (χ1v) is 10.9. The van der Waals surface area contributed by atoms with Crippen LogP contribution < -0.4 is 4.90 Å². The zero-order chi connectivity index (χ0) is 22.4. The van der Waals surface area contributed by atoms with Gasteiger partial charge in [-0.25, -0.2) is 4.90 Å². The Morgan fingerprint density at radius 1 is 0.903 bits per heavy atom. The molecule has 2 amide bonds. The first-order chi connectivity index (χ1) is 14.7. The number of aryl methyl sites for hydroxylation is 3. The molecule has 0 bridgehead atoms. The SMILES string of the molecule is Cc1ccc(C2=C(N3CC(C)OC(C)C3)C(=O)N(c3cc(Cl)ccc3C)C2=O)c(C)c1. The standard InChI is InChI=1S/C25H27ClN2O3/c1-14-6-9-20(16(3)10-14)22-23(27-12-17(4)31-18(5)13-27)25(30)28(24(22)29)21-11-19(26)8-7-15(21)2/h6-11,17-18H,12-13H2,1-5H3. The summed E-state index contributed by atoms with van der Waals surface area (Å²) in [5.41, 5.74) is 5.09. The second kappa shape index (κ2) is 8.13. The number of carbonyl (C=O) groups excluding carboxylic acids is 2. The first kappa shape index (κ1) is 21.6. The molecular weight excluding hydrogens is 412 g/mol. The summed E-state index contributed by atoms with van der Waals surface area (Å²) in [6.07, 6.45) is -0.0806. The van der Waals surface area contributed by atoms with Gasteiger partial charge >= 0.3 is 0 Å². The van der Waals surface area contributed by atoms with Crippen LogP contribution in [-0.4, -0.2) is 42.0 Å². The largest absolute Gasteiger partial charge is 0.372 e. The smallest absolute Gasteiger partial charge is 0.282 e. The van der Waals surface area contributed by atoms with Crippen molar-refractivity contribution in [2.45, 2.75) is 46.8 Å². The number of hydrogen-bond donors (Lipinski definition) is 0. The van der Waals surface area contributed by atoms with Gasteiger partial charge in [-0.2, -0.15) is 0 Å². The number of benzene rings is 2. The van der Waals surface area contributed by atoms with E-state index in [1.807, 2.05) is 63.8 Å². The van der Waals surface area contributed by atoms with Crippen LogP contribution >= 0.6 is 11.6 Å². The minimum absolute atomic E-state index is 0.0403. The van der Waals surface area contributed by atoms with Crippen LogP contribution in [0.1, 0.15) is 36.1 Å². The predicted octanol–water partition coefficient (Wildman–Crippen LogP) is 4.66. The van der Waals surface area contributed by atoms with Gasteiger partial charge in [0.1, 0.15) is 5.70 Å². The Morgan fingerprint density at radius 3 is 2.23 bits per heavy atom. The molecule has 6 heteroatoms. The van der Waals surface area contributed by atoms with Crippen LogP contribution in [0.3, 0.4) is 0 Å². The van der Waals surface area contributed by atoms with Crippen LogP contribution in [0.4, 0.5) is 5.69 Å². The Kier molecular flexibility index (Phi) is 5.67. The third kappa shape index (κ3) is 3.88. The molecule has 2 aromatic carbocycles. The number of imide groups is 1. The maximum Gasteiger partial charge on any atom is 0.282 e. The summed E-state index contributed by atoms with van der Waals surface area (Å²) in [5, 5.41) is 0.483. The van der Waals surface area contributed by atoms with Crippen molar-refractivity contribution in [1.82, 2.24) is 4.90 Å². The minimum Gasteiger partial charge on any atom is -0.372 e. The number of anilines is 1. The number of amides is 2. The van der Waals surface area contributed by atoms with Crippen molar-refractivity contribution in [2.75, 3.05) is 18.0 Å². The summed E-state index contributed by atoms with van der Waals surface area (Å²) in [4.78, 5) is 30.8. The number of rotatable bonds is 3. The second-order valence-electron chi connectivity index (χ2n) is 8.58. The lowest BCUT2D eigenvalue weighted by Gasteiger charge is -2.37. The quantitative estimate of drug-likeness (QED) is 0.654. The van der Waals surface area contributed by atoms with Crippen molar-refractivity contribution in [3.8, 4) is 0 Å². The zero-order valence-electron chi connectivity index (χ0n) is 18.5. The average molecular weight is 439 g/mol. The van der Waals surface area contributed by atoms with Crippen LogP contribution in [0.25, 0.3) is 5.57 Å². The Labute approximate surface area is 188 Å². The van der Waals surface area contributed by atoms with Crippen LogP contribution in [0, 0.1) is 20.8 Å². The third-order valence-corrected chi connectivity index (χ3v) is 6.09. The lowest BCUT2D eigenvalue weighted by molar-refractivity contribution is -0.121. The van der Waals surface area contributed by atoms with Gasteiger partial charge in [0, 0.05) is 18.1 Å². The zero-order valence-corrected chi connectivity index (χ0v) is 19.3. The van der Waals surface area contributed by atoms with Crippen molar-refractivity contribution >= 4 is 34.7 Å². The molecule has 0 aromatic heterocycles. The molecule has 4 rings (SSSR count). The van der Waals surface area contributed by atoms with E-state index in [4.69, 9.17) is 16.3 Å². The van der Waals surface area contributed by atoms with Gasteiger partial charge < -0.3 is 9.64 Å². The van der Waals surface area contributed by atoms with Gasteiger partial charge in [0.2, 0.25) is 0 Å². The Morgan fingerprint density at radius 2 is 1.58 bits per heavy atom. The molecule has 1 saturated heterocycles. The van der Waals surface area contributed by atoms with E-state index in [0.717, 1.165) is 22.3 Å². The molecule has 2 atom stereocenters. The van der Waals surface area contributed by atoms with Crippen LogP contribution in [-0.2, 0) is 14.3 Å². The van der Waals surface area contributed by atoms with E-state index in [2.05, 4.69) is 0 Å². The topological polar surface area (TPSA) is 49.9 Å². The Bertz CT molecular complexity index is 1100. The van der Waals surface area contributed by atoms with Gasteiger partial charge in [-0.05, 0) is 63.4 Å². The van der Waals surface area contributed by atoms with Gasteiger partial charge in [0.15, 0.2) is 0 Å². The summed E-state index contributed by atoms with van der Waals surface area (Å²) in [6.45, 7) is 10.9. The summed E-state index contributed by atoms with van der Waals surface area (Å²) >= 11 is 6.22. The fourth-order valence-corrected chi connectivity index (χ4v) is 4.72. The van der Waals surface area contributed by atoms with Crippen molar-refractivity contribution in [3.63, 3.8) is 0 Å². The number of hydrogen-bond acceptors (Lipinski definition) is 4. The molecule has 0 radical (unpaired) electrons. The molecule has 31 heavy (non-hydrogen) atoms. The van der Waals surface area contributed by atoms with E-state index in [-0.39, 0.29) is 24.0 Å². The number of nitrogens with zero attached hydrogens (tertiary/aromatic N) is 2. The van der Waals surface area contributed by atoms with Crippen LogP contribution in [0.15, 0.2) is 42.1 Å². The van der Waals surface area contributed by atoms with Crippen molar-refractivity contribution in [3.05, 3.63) is 69.4 Å². The maximum atomic E-state index is 13.8. The van der Waals surface area contributed by atoms with E-state index in [1.54, 1.807) is 12.1 Å². The lowest BCUT2D eigenvalue weighted by Crippen LogP contribution is -2.47. The predicted molar refractivity (Wildman–Crippen MR) is 123 cm³/mol. The molecular formula is C25H27ClN2O3. The molecule has 2 unspecified atom stereocenters. The summed E-state index contributed by atoms with van der Waals surface area (Å²) in [7, 11) is 0. The van der Waals surface area contributed by atoms with E-state index < -0.39 is 0 Å². The van der Waals surface area contributed by atoms with E-state index in [0.29, 0.717) is 35.1 Å². The fourth-order valence-electron chi connectivity index (χ4n) is 4.55. The van der Waals surface area contributed by atoms with Crippen molar-refractivity contribution in [1.29, 1.82) is 0 Å². The van der Waals surface area contributed by atoms with Crippen molar-refractivity contribution in [2.24, 2.45) is 0 Å². The highest BCUT2D eigenvalue weighted by atomic mass is 35.5. The molecule has 2 aliphatic heterocycles. The fraction of sp³-hybridized carbons (Fsp3) is 0.360. The Hall–Kier alpha value is -2.63. The highest BCUT2D eigenvalue weighted by Crippen LogP contribution is 2.38. The summed E-state index contributed by atoms with van der Waals surface area (Å²) in [5.74, 6) is -0.629. The van der Waals surface area contributed by atoms with E-state index in [9.17, 15) is 9.59 Å². The van der Waals surface area contributed by atoms with Crippen LogP contribution in [0.2, 0.25) is 5.02 Å². The van der Waals surface area contributed by atoms with Gasteiger partial charge in [0.25, 0.3) is 11.8 Å². The van der Waals surface area contributed by atoms with Crippen LogP contribution in [0.5, 0.6) is 0 Å². The molecule has 0 N–H and O–H groups in total. The highest BCUT2D eigenvalue weighted by molar-refractivity contribution is 6.46. The second-order valence-corrected chi connectivity index (χ2v) is 9.02. The molecule has 162 valence electrons. The Balaban J connectivity index is 1.90. The number of carbonyl (C=O) groups is 2. The molecule has 2 heterocycles. The normalized spacial score (nSPS) is 22.0. The molecule has 2 aromatic rings. The minimum atomic E-state index is -0.316. The van der Waals surface area contributed by atoms with Gasteiger partial charge in [0.05, 0.1) is 23.5 Å². The van der Waals surface area contributed by atoms with Crippen molar-refractivity contribution < 1.29 is 14.3 Å².